The van der Waals surface area contributed by atoms with Gasteiger partial charge >= 0.3 is 0 Å². The van der Waals surface area contributed by atoms with E-state index in [1.54, 1.807) is 30.5 Å². The summed E-state index contributed by atoms with van der Waals surface area (Å²) in [5.74, 6) is 0.125. The average molecular weight is 352 g/mol. The lowest BCUT2D eigenvalue weighted by atomic mass is 10.1. The van der Waals surface area contributed by atoms with Crippen molar-refractivity contribution in [2.45, 2.75) is 13.5 Å². The van der Waals surface area contributed by atoms with Gasteiger partial charge in [-0.15, -0.1) is 0 Å². The van der Waals surface area contributed by atoms with Gasteiger partial charge in [-0.1, -0.05) is 0 Å². The van der Waals surface area contributed by atoms with Gasteiger partial charge in [0.2, 0.25) is 5.88 Å². The van der Waals surface area contributed by atoms with Crippen LogP contribution in [0.5, 0.6) is 5.88 Å². The zero-order valence-electron chi connectivity index (χ0n) is 14.0. The number of benzene rings is 1. The molecule has 1 aromatic carbocycles. The Morgan fingerprint density at radius 2 is 2.08 bits per heavy atom. The molecule has 0 unspecified atom stereocenters. The maximum atomic E-state index is 12.6. The highest BCUT2D eigenvalue weighted by molar-refractivity contribution is 6.07. The molecule has 3 aromatic rings. The van der Waals surface area contributed by atoms with Crippen LogP contribution in [0.1, 0.15) is 22.8 Å². The fourth-order valence-corrected chi connectivity index (χ4v) is 2.56. The zero-order chi connectivity index (χ0) is 18.5. The van der Waals surface area contributed by atoms with Crippen LogP contribution in [-0.2, 0) is 6.54 Å². The number of non-ortho nitro benzene ring substituents is 1. The molecule has 0 aliphatic rings. The summed E-state index contributed by atoms with van der Waals surface area (Å²) in [6, 6.07) is 9.43. The van der Waals surface area contributed by atoms with Crippen molar-refractivity contribution in [1.29, 1.82) is 0 Å². The fourth-order valence-electron chi connectivity index (χ4n) is 2.56. The Balaban J connectivity index is 1.83. The summed E-state index contributed by atoms with van der Waals surface area (Å²) in [6.45, 7) is 2.64. The Morgan fingerprint density at radius 1 is 1.23 bits per heavy atom. The van der Waals surface area contributed by atoms with Crippen molar-refractivity contribution in [3.63, 3.8) is 0 Å². The molecule has 2 heterocycles. The zero-order valence-corrected chi connectivity index (χ0v) is 14.0. The van der Waals surface area contributed by atoms with Crippen LogP contribution in [0.25, 0.3) is 10.9 Å². The van der Waals surface area contributed by atoms with Crippen LogP contribution in [0.2, 0.25) is 0 Å². The van der Waals surface area contributed by atoms with Gasteiger partial charge in [0.1, 0.15) is 0 Å². The third-order valence-corrected chi connectivity index (χ3v) is 3.73. The smallest absolute Gasteiger partial charge is 0.278 e. The molecule has 0 saturated heterocycles. The fraction of sp³-hybridized carbons (Fsp3) is 0.167. The maximum absolute atomic E-state index is 12.6. The second-order valence-electron chi connectivity index (χ2n) is 5.41. The molecule has 0 bridgehead atoms. The van der Waals surface area contributed by atoms with E-state index in [0.717, 1.165) is 5.56 Å². The van der Waals surface area contributed by atoms with E-state index in [4.69, 9.17) is 4.74 Å². The Hall–Kier alpha value is -3.55. The number of rotatable bonds is 6. The monoisotopic (exact) mass is 352 g/mol. The van der Waals surface area contributed by atoms with E-state index in [1.165, 1.54) is 18.3 Å². The topological polar surface area (TPSA) is 107 Å². The molecule has 0 aliphatic heterocycles. The Labute approximate surface area is 149 Å². The first kappa shape index (κ1) is 17.3. The highest BCUT2D eigenvalue weighted by Crippen LogP contribution is 2.26. The highest BCUT2D eigenvalue weighted by Gasteiger charge is 2.18. The normalized spacial score (nSPS) is 10.5. The van der Waals surface area contributed by atoms with Crippen LogP contribution in [0, 0.1) is 10.1 Å². The number of carbonyl (C=O) groups is 1. The third kappa shape index (κ3) is 3.59. The summed E-state index contributed by atoms with van der Waals surface area (Å²) in [5, 5.41) is 14.3. The number of nitro groups is 1. The van der Waals surface area contributed by atoms with Crippen molar-refractivity contribution >= 4 is 22.5 Å². The number of pyridine rings is 2. The summed E-state index contributed by atoms with van der Waals surface area (Å²) >= 11 is 0. The summed E-state index contributed by atoms with van der Waals surface area (Å²) in [5.41, 5.74) is 1.32. The number of fused-ring (bicyclic) bond motifs is 1. The van der Waals surface area contributed by atoms with Gasteiger partial charge < -0.3 is 10.1 Å². The molecule has 0 saturated carbocycles. The molecule has 26 heavy (non-hydrogen) atoms. The first-order valence-corrected chi connectivity index (χ1v) is 7.98. The van der Waals surface area contributed by atoms with Crippen molar-refractivity contribution in [3.8, 4) is 5.88 Å². The molecule has 0 fully saturated rings. The number of nitro benzene ring substituents is 1. The number of hydrogen-bond donors (Lipinski definition) is 1. The molecule has 3 rings (SSSR count). The summed E-state index contributed by atoms with van der Waals surface area (Å²) in [4.78, 5) is 31.4. The molecule has 0 spiro atoms. The van der Waals surface area contributed by atoms with E-state index >= 15 is 0 Å². The van der Waals surface area contributed by atoms with E-state index in [-0.39, 0.29) is 23.7 Å². The number of amides is 1. The SMILES string of the molecule is CCOc1cc(CNC(=O)c2ccc([N+](=O)[O-])c3cccnc23)ccn1. The van der Waals surface area contributed by atoms with Gasteiger partial charge in [-0.2, -0.15) is 0 Å². The Bertz CT molecular complexity index is 974. The number of nitrogens with one attached hydrogen (secondary N) is 1. The molecule has 132 valence electrons. The van der Waals surface area contributed by atoms with Crippen molar-refractivity contribution in [2.75, 3.05) is 6.61 Å². The van der Waals surface area contributed by atoms with E-state index in [9.17, 15) is 14.9 Å². The highest BCUT2D eigenvalue weighted by atomic mass is 16.6. The molecule has 1 N–H and O–H groups in total. The molecular formula is C18H16N4O4. The average Bonchev–Trinajstić information content (AvgIpc) is 2.65. The van der Waals surface area contributed by atoms with Crippen molar-refractivity contribution < 1.29 is 14.5 Å². The Morgan fingerprint density at radius 3 is 2.85 bits per heavy atom. The standard InChI is InChI=1S/C18H16N4O4/c1-2-26-16-10-12(7-9-19-16)11-21-18(23)14-5-6-15(22(24)25)13-4-3-8-20-17(13)14/h3-10H,2,11H2,1H3,(H,21,23). The maximum Gasteiger partial charge on any atom is 0.278 e. The van der Waals surface area contributed by atoms with Crippen LogP contribution < -0.4 is 10.1 Å². The second-order valence-corrected chi connectivity index (χ2v) is 5.41. The van der Waals surface area contributed by atoms with Gasteiger partial charge in [-0.3, -0.25) is 19.9 Å². The van der Waals surface area contributed by atoms with Gasteiger partial charge in [0.25, 0.3) is 11.6 Å². The molecule has 0 radical (unpaired) electrons. The Kier molecular flexibility index (Phi) is 5.02. The quantitative estimate of drug-likeness (QED) is 0.540. The molecule has 1 amide bonds. The number of ether oxygens (including phenoxy) is 1. The van der Waals surface area contributed by atoms with Crippen molar-refractivity contribution in [1.82, 2.24) is 15.3 Å². The van der Waals surface area contributed by atoms with Crippen LogP contribution in [0.4, 0.5) is 5.69 Å². The third-order valence-electron chi connectivity index (χ3n) is 3.73. The minimum absolute atomic E-state index is 0.0832. The molecular weight excluding hydrogens is 336 g/mol. The number of nitrogens with zero attached hydrogens (tertiary/aromatic N) is 3. The van der Waals surface area contributed by atoms with E-state index < -0.39 is 4.92 Å². The largest absolute Gasteiger partial charge is 0.478 e. The van der Waals surface area contributed by atoms with Crippen LogP contribution in [0.15, 0.2) is 48.8 Å². The molecule has 8 nitrogen and oxygen atoms in total. The van der Waals surface area contributed by atoms with Crippen molar-refractivity contribution in [2.24, 2.45) is 0 Å². The summed E-state index contributed by atoms with van der Waals surface area (Å²) < 4.78 is 5.33. The van der Waals surface area contributed by atoms with E-state index in [1.807, 2.05) is 6.92 Å². The van der Waals surface area contributed by atoms with Gasteiger partial charge in [-0.05, 0) is 36.8 Å². The lowest BCUT2D eigenvalue weighted by molar-refractivity contribution is -0.383. The van der Waals surface area contributed by atoms with Gasteiger partial charge in [0.05, 0.1) is 28.0 Å². The van der Waals surface area contributed by atoms with Crippen LogP contribution in [0.3, 0.4) is 0 Å². The van der Waals surface area contributed by atoms with Crippen molar-refractivity contribution in [3.05, 3.63) is 70.0 Å². The predicted octanol–water partition coefficient (Wildman–Crippen LogP) is 2.87. The molecule has 0 aliphatic carbocycles. The number of hydrogen-bond acceptors (Lipinski definition) is 6. The minimum atomic E-state index is -0.488. The lowest BCUT2D eigenvalue weighted by Crippen LogP contribution is -2.23. The minimum Gasteiger partial charge on any atom is -0.478 e. The summed E-state index contributed by atoms with van der Waals surface area (Å²) in [6.07, 6.45) is 3.11. The summed E-state index contributed by atoms with van der Waals surface area (Å²) in [7, 11) is 0. The first-order valence-electron chi connectivity index (χ1n) is 7.98. The first-order chi connectivity index (χ1) is 12.6. The van der Waals surface area contributed by atoms with Gasteiger partial charge in [0.15, 0.2) is 0 Å². The van der Waals surface area contributed by atoms with Gasteiger partial charge in [0, 0.05) is 31.1 Å². The lowest BCUT2D eigenvalue weighted by Gasteiger charge is -2.09. The predicted molar refractivity (Wildman–Crippen MR) is 95.0 cm³/mol. The van der Waals surface area contributed by atoms with Crippen LogP contribution >= 0.6 is 0 Å². The molecule has 8 heteroatoms. The molecule has 0 atom stereocenters. The van der Waals surface area contributed by atoms with E-state index in [2.05, 4.69) is 15.3 Å². The molecule has 2 aromatic heterocycles. The second kappa shape index (κ2) is 7.56. The van der Waals surface area contributed by atoms with E-state index in [0.29, 0.717) is 23.4 Å². The number of aromatic nitrogens is 2. The van der Waals surface area contributed by atoms with Gasteiger partial charge in [-0.25, -0.2) is 4.98 Å². The van der Waals surface area contributed by atoms with Crippen LogP contribution in [-0.4, -0.2) is 27.4 Å². The number of carbonyl (C=O) groups excluding carboxylic acids is 1.